The standard InChI is InChI=1S/C13H10FN5S3/c14-9-4-2-1-3-8(9)11-18-19-10(16-17-12(19)22-11)7-21-13-15-5-6-20-13/h1-4H,5-7H2. The van der Waals surface area contributed by atoms with E-state index in [1.165, 1.54) is 17.4 Å². The highest BCUT2D eigenvalue weighted by molar-refractivity contribution is 8.38. The molecule has 0 saturated carbocycles. The highest BCUT2D eigenvalue weighted by Crippen LogP contribution is 2.29. The van der Waals surface area contributed by atoms with E-state index in [0.29, 0.717) is 21.3 Å². The van der Waals surface area contributed by atoms with Gasteiger partial charge in [-0.2, -0.15) is 9.61 Å². The molecule has 3 aromatic rings. The molecule has 0 amide bonds. The molecule has 112 valence electrons. The van der Waals surface area contributed by atoms with Crippen molar-refractivity contribution >= 4 is 44.2 Å². The molecule has 0 bridgehead atoms. The van der Waals surface area contributed by atoms with Crippen molar-refractivity contribution in [3.63, 3.8) is 0 Å². The third kappa shape index (κ3) is 2.64. The minimum atomic E-state index is -0.278. The predicted octanol–water partition coefficient (Wildman–Crippen LogP) is 3.33. The number of hydrogen-bond acceptors (Lipinski definition) is 7. The summed E-state index contributed by atoms with van der Waals surface area (Å²) in [5, 5.41) is 13.4. The Morgan fingerprint density at radius 1 is 1.27 bits per heavy atom. The fourth-order valence-corrected chi connectivity index (χ4v) is 4.82. The third-order valence-electron chi connectivity index (χ3n) is 3.04. The summed E-state index contributed by atoms with van der Waals surface area (Å²) >= 11 is 4.74. The van der Waals surface area contributed by atoms with Gasteiger partial charge in [-0.3, -0.25) is 4.99 Å². The summed E-state index contributed by atoms with van der Waals surface area (Å²) in [7, 11) is 0. The number of nitrogens with zero attached hydrogens (tertiary/aromatic N) is 5. The van der Waals surface area contributed by atoms with Gasteiger partial charge in [0.05, 0.1) is 12.3 Å². The van der Waals surface area contributed by atoms with Crippen molar-refractivity contribution in [1.29, 1.82) is 0 Å². The normalized spacial score (nSPS) is 14.7. The summed E-state index contributed by atoms with van der Waals surface area (Å²) in [5.74, 6) is 2.19. The van der Waals surface area contributed by atoms with Crippen LogP contribution in [0.2, 0.25) is 0 Å². The molecule has 0 aliphatic carbocycles. The first-order chi connectivity index (χ1) is 10.8. The molecule has 0 unspecified atom stereocenters. The fourth-order valence-electron chi connectivity index (χ4n) is 2.02. The third-order valence-corrected chi connectivity index (χ3v) is 6.22. The second-order valence-corrected chi connectivity index (χ2v) is 7.74. The zero-order chi connectivity index (χ0) is 14.9. The maximum atomic E-state index is 13.9. The molecular formula is C13H10FN5S3. The van der Waals surface area contributed by atoms with E-state index in [9.17, 15) is 4.39 Å². The second-order valence-electron chi connectivity index (χ2n) is 4.48. The fraction of sp³-hybridized carbons (Fsp3) is 0.231. The van der Waals surface area contributed by atoms with E-state index in [2.05, 4.69) is 20.3 Å². The Labute approximate surface area is 138 Å². The molecule has 9 heteroatoms. The topological polar surface area (TPSA) is 55.4 Å². The van der Waals surface area contributed by atoms with Crippen LogP contribution in [0.1, 0.15) is 5.82 Å². The molecule has 1 aliphatic rings. The predicted molar refractivity (Wildman–Crippen MR) is 90.1 cm³/mol. The average Bonchev–Trinajstić information content (AvgIpc) is 3.23. The van der Waals surface area contributed by atoms with Crippen molar-refractivity contribution in [2.45, 2.75) is 5.75 Å². The lowest BCUT2D eigenvalue weighted by molar-refractivity contribution is 0.630. The number of rotatable bonds is 3. The van der Waals surface area contributed by atoms with Gasteiger partial charge in [-0.25, -0.2) is 4.39 Å². The molecule has 0 fully saturated rings. The lowest BCUT2D eigenvalue weighted by Gasteiger charge is -1.98. The maximum Gasteiger partial charge on any atom is 0.235 e. The van der Waals surface area contributed by atoms with Crippen LogP contribution >= 0.6 is 34.9 Å². The van der Waals surface area contributed by atoms with E-state index in [4.69, 9.17) is 0 Å². The van der Waals surface area contributed by atoms with Gasteiger partial charge in [-0.1, -0.05) is 47.0 Å². The second kappa shape index (κ2) is 5.98. The number of aliphatic imine (C=N–C) groups is 1. The maximum absolute atomic E-state index is 13.9. The summed E-state index contributed by atoms with van der Waals surface area (Å²) in [6, 6.07) is 6.62. The Balaban J connectivity index is 1.63. The average molecular weight is 351 g/mol. The number of thioether (sulfide) groups is 2. The van der Waals surface area contributed by atoms with Crippen molar-refractivity contribution in [3.8, 4) is 10.6 Å². The first-order valence-corrected chi connectivity index (χ1v) is 9.36. The van der Waals surface area contributed by atoms with Gasteiger partial charge in [-0.15, -0.1) is 10.2 Å². The zero-order valence-corrected chi connectivity index (χ0v) is 13.7. The van der Waals surface area contributed by atoms with Crippen molar-refractivity contribution in [1.82, 2.24) is 19.8 Å². The van der Waals surface area contributed by atoms with Gasteiger partial charge in [0.1, 0.15) is 10.2 Å². The van der Waals surface area contributed by atoms with Crippen LogP contribution in [0.4, 0.5) is 4.39 Å². The summed E-state index contributed by atoms with van der Waals surface area (Å²) in [4.78, 5) is 5.07. The van der Waals surface area contributed by atoms with Gasteiger partial charge in [0, 0.05) is 11.3 Å². The molecule has 0 spiro atoms. The Bertz CT molecular complexity index is 856. The van der Waals surface area contributed by atoms with Crippen molar-refractivity contribution in [2.24, 2.45) is 4.99 Å². The van der Waals surface area contributed by atoms with E-state index in [1.807, 2.05) is 0 Å². The largest absolute Gasteiger partial charge is 0.271 e. The molecule has 4 rings (SSSR count). The van der Waals surface area contributed by atoms with E-state index in [1.54, 1.807) is 46.2 Å². The van der Waals surface area contributed by atoms with Gasteiger partial charge in [-0.05, 0) is 12.1 Å². The smallest absolute Gasteiger partial charge is 0.235 e. The van der Waals surface area contributed by atoms with Crippen molar-refractivity contribution in [3.05, 3.63) is 35.9 Å². The van der Waals surface area contributed by atoms with Gasteiger partial charge in [0.2, 0.25) is 4.96 Å². The van der Waals surface area contributed by atoms with E-state index in [0.717, 1.165) is 22.5 Å². The minimum absolute atomic E-state index is 0.278. The Morgan fingerprint density at radius 3 is 3.00 bits per heavy atom. The van der Waals surface area contributed by atoms with E-state index < -0.39 is 0 Å². The molecule has 2 aromatic heterocycles. The van der Waals surface area contributed by atoms with Crippen molar-refractivity contribution in [2.75, 3.05) is 12.3 Å². The SMILES string of the molecule is Fc1ccccc1-c1nn2c(CSC3=NCCS3)nnc2s1. The molecule has 0 radical (unpaired) electrons. The van der Waals surface area contributed by atoms with Crippen LogP contribution in [0.5, 0.6) is 0 Å². The molecule has 1 aliphatic heterocycles. The van der Waals surface area contributed by atoms with Crippen LogP contribution in [0.25, 0.3) is 15.5 Å². The van der Waals surface area contributed by atoms with Crippen LogP contribution in [-0.2, 0) is 5.75 Å². The Kier molecular flexibility index (Phi) is 3.85. The lowest BCUT2D eigenvalue weighted by Crippen LogP contribution is -1.96. The van der Waals surface area contributed by atoms with Gasteiger partial charge >= 0.3 is 0 Å². The molecule has 22 heavy (non-hydrogen) atoms. The molecular weight excluding hydrogens is 341 g/mol. The number of aromatic nitrogens is 4. The van der Waals surface area contributed by atoms with Gasteiger partial charge < -0.3 is 0 Å². The number of benzene rings is 1. The quantitative estimate of drug-likeness (QED) is 0.724. The molecule has 0 N–H and O–H groups in total. The molecule has 3 heterocycles. The monoisotopic (exact) mass is 351 g/mol. The summed E-state index contributed by atoms with van der Waals surface area (Å²) in [6.45, 7) is 0.885. The van der Waals surface area contributed by atoms with Crippen LogP contribution < -0.4 is 0 Å². The first-order valence-electron chi connectivity index (χ1n) is 6.57. The molecule has 0 atom stereocenters. The highest BCUT2D eigenvalue weighted by Gasteiger charge is 2.16. The first kappa shape index (κ1) is 14.2. The van der Waals surface area contributed by atoms with E-state index >= 15 is 0 Å². The Morgan fingerprint density at radius 2 is 2.18 bits per heavy atom. The summed E-state index contributed by atoms with van der Waals surface area (Å²) in [6.07, 6.45) is 0. The van der Waals surface area contributed by atoms with Crippen LogP contribution in [0.3, 0.4) is 0 Å². The van der Waals surface area contributed by atoms with Crippen LogP contribution in [-0.4, -0.2) is 36.5 Å². The number of halogens is 1. The summed E-state index contributed by atoms with van der Waals surface area (Å²) in [5.41, 5.74) is 0.493. The lowest BCUT2D eigenvalue weighted by atomic mass is 10.2. The van der Waals surface area contributed by atoms with Crippen molar-refractivity contribution < 1.29 is 4.39 Å². The highest BCUT2D eigenvalue weighted by atomic mass is 32.2. The minimum Gasteiger partial charge on any atom is -0.271 e. The van der Waals surface area contributed by atoms with E-state index in [-0.39, 0.29) is 5.82 Å². The number of hydrogen-bond donors (Lipinski definition) is 0. The zero-order valence-electron chi connectivity index (χ0n) is 11.3. The molecule has 1 aromatic carbocycles. The van der Waals surface area contributed by atoms with Gasteiger partial charge in [0.25, 0.3) is 0 Å². The van der Waals surface area contributed by atoms with Crippen LogP contribution in [0, 0.1) is 5.82 Å². The van der Waals surface area contributed by atoms with Crippen LogP contribution in [0.15, 0.2) is 29.3 Å². The number of fused-ring (bicyclic) bond motifs is 1. The van der Waals surface area contributed by atoms with Gasteiger partial charge in [0.15, 0.2) is 10.8 Å². The Hall–Kier alpha value is -1.45. The summed E-state index contributed by atoms with van der Waals surface area (Å²) < 4.78 is 16.6. The molecule has 0 saturated heterocycles. The molecule has 5 nitrogen and oxygen atoms in total.